The van der Waals surface area contributed by atoms with Gasteiger partial charge in [-0.2, -0.15) is 5.10 Å². The van der Waals surface area contributed by atoms with Crippen LogP contribution in [0.1, 0.15) is 42.8 Å². The predicted molar refractivity (Wildman–Crippen MR) is 102 cm³/mol. The van der Waals surface area contributed by atoms with Crippen LogP contribution in [0.3, 0.4) is 0 Å². The quantitative estimate of drug-likeness (QED) is 0.712. The first-order chi connectivity index (χ1) is 13.4. The molecule has 8 heteroatoms. The van der Waals surface area contributed by atoms with Crippen LogP contribution in [-0.4, -0.2) is 28.3 Å². The van der Waals surface area contributed by atoms with Crippen LogP contribution in [-0.2, 0) is 11.3 Å². The van der Waals surface area contributed by atoms with Gasteiger partial charge in [-0.3, -0.25) is 9.48 Å². The third kappa shape index (κ3) is 3.54. The fourth-order valence-electron chi connectivity index (χ4n) is 3.77. The molecule has 0 radical (unpaired) electrons. The predicted octanol–water partition coefficient (Wildman–Crippen LogP) is 2.32. The maximum Gasteiger partial charge on any atom is 0.319 e. The standard InChI is InChI=1S/C20H25N5O3/c1-12-8-13(2)25(24-12)11-20(5-6-20)10-21-18(26)16-14(3)22-19(27)23-17(16)15-4-7-28-9-15/h4,7-9,17H,5-6,10-11H2,1-3H3,(H,21,26)(H2,22,23,27)/t17-/m0/s1. The minimum atomic E-state index is -0.529. The molecule has 0 spiro atoms. The van der Waals surface area contributed by atoms with E-state index >= 15 is 0 Å². The van der Waals surface area contributed by atoms with Crippen LogP contribution in [0.5, 0.6) is 0 Å². The number of aryl methyl sites for hydroxylation is 2. The minimum Gasteiger partial charge on any atom is -0.472 e. The van der Waals surface area contributed by atoms with Gasteiger partial charge in [0.15, 0.2) is 0 Å². The van der Waals surface area contributed by atoms with Crippen LogP contribution in [0.15, 0.2) is 40.3 Å². The summed E-state index contributed by atoms with van der Waals surface area (Å²) in [5, 5.41) is 13.1. The van der Waals surface area contributed by atoms with Crippen molar-refractivity contribution in [2.75, 3.05) is 6.54 Å². The van der Waals surface area contributed by atoms with Crippen LogP contribution >= 0.6 is 0 Å². The molecule has 4 rings (SSSR count). The molecule has 2 aromatic heterocycles. The second kappa shape index (κ2) is 6.85. The highest BCUT2D eigenvalue weighted by atomic mass is 16.3. The number of carbonyl (C=O) groups excluding carboxylic acids is 2. The van der Waals surface area contributed by atoms with Crippen LogP contribution in [0.2, 0.25) is 0 Å². The molecule has 28 heavy (non-hydrogen) atoms. The number of urea groups is 1. The molecular formula is C20H25N5O3. The highest BCUT2D eigenvalue weighted by molar-refractivity contribution is 5.98. The molecule has 0 bridgehead atoms. The van der Waals surface area contributed by atoms with E-state index < -0.39 is 6.04 Å². The molecule has 1 atom stereocenters. The number of nitrogens with zero attached hydrogens (tertiary/aromatic N) is 2. The highest BCUT2D eigenvalue weighted by Crippen LogP contribution is 2.46. The summed E-state index contributed by atoms with van der Waals surface area (Å²) in [7, 11) is 0. The van der Waals surface area contributed by atoms with Gasteiger partial charge in [0.2, 0.25) is 0 Å². The van der Waals surface area contributed by atoms with Crippen molar-refractivity contribution < 1.29 is 14.0 Å². The van der Waals surface area contributed by atoms with E-state index in [0.29, 0.717) is 17.8 Å². The molecule has 8 nitrogen and oxygen atoms in total. The fourth-order valence-corrected chi connectivity index (χ4v) is 3.77. The molecular weight excluding hydrogens is 358 g/mol. The number of aromatic nitrogens is 2. The number of nitrogens with one attached hydrogen (secondary N) is 3. The number of hydrogen-bond acceptors (Lipinski definition) is 4. The number of hydrogen-bond donors (Lipinski definition) is 3. The Morgan fingerprint density at radius 1 is 1.39 bits per heavy atom. The first-order valence-corrected chi connectivity index (χ1v) is 9.46. The molecule has 2 aromatic rings. The summed E-state index contributed by atoms with van der Waals surface area (Å²) in [6, 6.07) is 2.96. The fraction of sp³-hybridized carbons (Fsp3) is 0.450. The number of allylic oxidation sites excluding steroid dienone is 1. The first kappa shape index (κ1) is 18.3. The second-order valence-corrected chi connectivity index (χ2v) is 7.89. The van der Waals surface area contributed by atoms with Crippen molar-refractivity contribution in [1.82, 2.24) is 25.7 Å². The van der Waals surface area contributed by atoms with Crippen LogP contribution in [0.25, 0.3) is 0 Å². The van der Waals surface area contributed by atoms with Gasteiger partial charge >= 0.3 is 6.03 Å². The molecule has 0 unspecified atom stereocenters. The lowest BCUT2D eigenvalue weighted by Crippen LogP contribution is -2.47. The zero-order chi connectivity index (χ0) is 19.9. The van der Waals surface area contributed by atoms with Crippen molar-refractivity contribution in [2.45, 2.75) is 46.2 Å². The van der Waals surface area contributed by atoms with Crippen molar-refractivity contribution in [3.05, 3.63) is 52.9 Å². The first-order valence-electron chi connectivity index (χ1n) is 9.46. The molecule has 1 aliphatic carbocycles. The summed E-state index contributed by atoms with van der Waals surface area (Å²) >= 11 is 0. The topological polar surface area (TPSA) is 101 Å². The molecule has 3 heterocycles. The molecule has 2 aliphatic rings. The molecule has 0 saturated heterocycles. The van der Waals surface area contributed by atoms with E-state index in [4.69, 9.17) is 4.42 Å². The van der Waals surface area contributed by atoms with Crippen molar-refractivity contribution in [3.63, 3.8) is 0 Å². The van der Waals surface area contributed by atoms with E-state index in [1.165, 1.54) is 6.26 Å². The zero-order valence-electron chi connectivity index (χ0n) is 16.3. The van der Waals surface area contributed by atoms with Gasteiger partial charge in [-0.05, 0) is 45.7 Å². The lowest BCUT2D eigenvalue weighted by molar-refractivity contribution is -0.118. The average molecular weight is 383 g/mol. The summed E-state index contributed by atoms with van der Waals surface area (Å²) in [5.41, 5.74) is 3.98. The zero-order valence-corrected chi connectivity index (χ0v) is 16.3. The summed E-state index contributed by atoms with van der Waals surface area (Å²) in [6.07, 6.45) is 5.19. The number of carbonyl (C=O) groups is 2. The third-order valence-corrected chi connectivity index (χ3v) is 5.56. The summed E-state index contributed by atoms with van der Waals surface area (Å²) in [4.78, 5) is 24.9. The lowest BCUT2D eigenvalue weighted by Gasteiger charge is -2.28. The van der Waals surface area contributed by atoms with Gasteiger partial charge in [-0.1, -0.05) is 0 Å². The summed E-state index contributed by atoms with van der Waals surface area (Å²) in [6.45, 7) is 7.15. The average Bonchev–Trinajstić information content (AvgIpc) is 3.03. The number of amides is 3. The monoisotopic (exact) mass is 383 g/mol. The second-order valence-electron chi connectivity index (χ2n) is 7.89. The van der Waals surface area contributed by atoms with E-state index in [-0.39, 0.29) is 17.4 Å². The maximum atomic E-state index is 13.0. The molecule has 3 amide bonds. The van der Waals surface area contributed by atoms with Gasteiger partial charge in [-0.15, -0.1) is 0 Å². The Labute approximate surface area is 163 Å². The Morgan fingerprint density at radius 3 is 2.79 bits per heavy atom. The molecule has 148 valence electrons. The van der Waals surface area contributed by atoms with Gasteiger partial charge in [0.25, 0.3) is 5.91 Å². The summed E-state index contributed by atoms with van der Waals surface area (Å²) < 4.78 is 7.16. The minimum absolute atomic E-state index is 0.0455. The van der Waals surface area contributed by atoms with Gasteiger partial charge < -0.3 is 20.4 Å². The van der Waals surface area contributed by atoms with Crippen molar-refractivity contribution in [2.24, 2.45) is 5.41 Å². The number of rotatable bonds is 6. The molecule has 3 N–H and O–H groups in total. The Hall–Kier alpha value is -3.03. The summed E-state index contributed by atoms with van der Waals surface area (Å²) in [5.74, 6) is -0.184. The molecule has 0 aromatic carbocycles. The highest BCUT2D eigenvalue weighted by Gasteiger charge is 2.44. The Balaban J connectivity index is 1.47. The Kier molecular flexibility index (Phi) is 4.49. The van der Waals surface area contributed by atoms with E-state index in [1.807, 2.05) is 11.6 Å². The molecule has 1 saturated carbocycles. The van der Waals surface area contributed by atoms with Gasteiger partial charge in [0.1, 0.15) is 0 Å². The van der Waals surface area contributed by atoms with E-state index in [0.717, 1.165) is 36.3 Å². The lowest BCUT2D eigenvalue weighted by atomic mass is 9.96. The largest absolute Gasteiger partial charge is 0.472 e. The maximum absolute atomic E-state index is 13.0. The van der Waals surface area contributed by atoms with Crippen LogP contribution < -0.4 is 16.0 Å². The van der Waals surface area contributed by atoms with Crippen molar-refractivity contribution in [3.8, 4) is 0 Å². The Morgan fingerprint density at radius 2 is 2.18 bits per heavy atom. The van der Waals surface area contributed by atoms with E-state index in [9.17, 15) is 9.59 Å². The van der Waals surface area contributed by atoms with Gasteiger partial charge in [0, 0.05) is 35.5 Å². The van der Waals surface area contributed by atoms with Gasteiger partial charge in [-0.25, -0.2) is 4.79 Å². The van der Waals surface area contributed by atoms with Crippen molar-refractivity contribution >= 4 is 11.9 Å². The van der Waals surface area contributed by atoms with Gasteiger partial charge in [0.05, 0.1) is 29.8 Å². The normalized spacial score (nSPS) is 20.5. The number of furan rings is 1. The van der Waals surface area contributed by atoms with E-state index in [2.05, 4.69) is 34.0 Å². The van der Waals surface area contributed by atoms with E-state index in [1.54, 1.807) is 19.3 Å². The van der Waals surface area contributed by atoms with Crippen molar-refractivity contribution in [1.29, 1.82) is 0 Å². The Bertz CT molecular complexity index is 937. The SMILES string of the molecule is CC1=C(C(=O)NCC2(Cn3nc(C)cc3C)CC2)[C@H](c2ccoc2)NC(=O)N1. The third-order valence-electron chi connectivity index (χ3n) is 5.56. The van der Waals surface area contributed by atoms with Crippen LogP contribution in [0, 0.1) is 19.3 Å². The smallest absolute Gasteiger partial charge is 0.319 e. The molecule has 1 aliphatic heterocycles. The molecule has 1 fully saturated rings. The van der Waals surface area contributed by atoms with Crippen LogP contribution in [0.4, 0.5) is 4.79 Å².